The van der Waals surface area contributed by atoms with Crippen molar-refractivity contribution in [3.63, 3.8) is 0 Å². The summed E-state index contributed by atoms with van der Waals surface area (Å²) in [4.78, 5) is 29.3. The van der Waals surface area contributed by atoms with Gasteiger partial charge in [-0.25, -0.2) is 9.78 Å². The number of benzene rings is 3. The van der Waals surface area contributed by atoms with Gasteiger partial charge in [-0.05, 0) is 55.0 Å². The average molecular weight is 525 g/mol. The fraction of sp³-hybridized carbons (Fsp3) is 0.185. The number of alkyl halides is 3. The van der Waals surface area contributed by atoms with E-state index in [1.807, 2.05) is 0 Å². The van der Waals surface area contributed by atoms with Gasteiger partial charge in [-0.2, -0.15) is 22.9 Å². The standard InChI is InChI=1S/C27H22F3N3O5/c1-3-37-24(34)16-38-22-12-11-17(13-23(22)36-2)15-31-33-25(18-7-6-8-19(14-18)27(28,29)30)32-21-10-5-4-9-20(21)26(33)35/h4-15H,3,16H2,1-2H3. The van der Waals surface area contributed by atoms with Crippen LogP contribution < -0.4 is 15.0 Å². The van der Waals surface area contributed by atoms with E-state index in [9.17, 15) is 22.8 Å². The lowest BCUT2D eigenvalue weighted by atomic mass is 10.1. The number of hydrogen-bond acceptors (Lipinski definition) is 7. The van der Waals surface area contributed by atoms with Gasteiger partial charge < -0.3 is 14.2 Å². The molecule has 0 N–H and O–H groups in total. The van der Waals surface area contributed by atoms with Crippen LogP contribution in [0, 0.1) is 0 Å². The van der Waals surface area contributed by atoms with Gasteiger partial charge in [0.05, 0.1) is 36.4 Å². The van der Waals surface area contributed by atoms with E-state index in [0.29, 0.717) is 16.8 Å². The highest BCUT2D eigenvalue weighted by molar-refractivity contribution is 5.83. The maximum atomic E-state index is 13.4. The number of esters is 1. The Morgan fingerprint density at radius 2 is 1.84 bits per heavy atom. The zero-order valence-electron chi connectivity index (χ0n) is 20.4. The van der Waals surface area contributed by atoms with Crippen molar-refractivity contribution in [1.29, 1.82) is 0 Å². The molecule has 0 unspecified atom stereocenters. The van der Waals surface area contributed by atoms with Crippen LogP contribution in [0.2, 0.25) is 0 Å². The summed E-state index contributed by atoms with van der Waals surface area (Å²) in [6.07, 6.45) is -3.23. The normalized spacial score (nSPS) is 11.6. The summed E-state index contributed by atoms with van der Waals surface area (Å²) in [5.41, 5.74) is -0.557. The summed E-state index contributed by atoms with van der Waals surface area (Å²) in [6.45, 7) is 1.60. The third-order valence-corrected chi connectivity index (χ3v) is 5.36. The highest BCUT2D eigenvalue weighted by Crippen LogP contribution is 2.32. The molecule has 0 saturated heterocycles. The third kappa shape index (κ3) is 5.83. The van der Waals surface area contributed by atoms with Crippen molar-refractivity contribution in [2.24, 2.45) is 5.10 Å². The van der Waals surface area contributed by atoms with Crippen molar-refractivity contribution in [3.05, 3.63) is 88.2 Å². The molecule has 11 heteroatoms. The molecule has 1 heterocycles. The number of carbonyl (C=O) groups is 1. The van der Waals surface area contributed by atoms with Crippen molar-refractivity contribution in [1.82, 2.24) is 9.66 Å². The molecule has 4 aromatic rings. The topological polar surface area (TPSA) is 92.0 Å². The van der Waals surface area contributed by atoms with Crippen LogP contribution in [-0.2, 0) is 15.7 Å². The number of aromatic nitrogens is 2. The molecule has 38 heavy (non-hydrogen) atoms. The summed E-state index contributed by atoms with van der Waals surface area (Å²) in [6, 6.07) is 15.7. The lowest BCUT2D eigenvalue weighted by molar-refractivity contribution is -0.145. The maximum Gasteiger partial charge on any atom is 0.416 e. The molecular weight excluding hydrogens is 503 g/mol. The van der Waals surface area contributed by atoms with Crippen LogP contribution in [0.25, 0.3) is 22.3 Å². The Morgan fingerprint density at radius 1 is 1.05 bits per heavy atom. The minimum absolute atomic E-state index is 0.0580. The molecule has 0 aliphatic carbocycles. The number of hydrogen-bond donors (Lipinski definition) is 0. The van der Waals surface area contributed by atoms with E-state index in [4.69, 9.17) is 14.2 Å². The van der Waals surface area contributed by atoms with E-state index in [-0.39, 0.29) is 35.7 Å². The molecule has 0 saturated carbocycles. The van der Waals surface area contributed by atoms with E-state index < -0.39 is 23.3 Å². The summed E-state index contributed by atoms with van der Waals surface area (Å²) < 4.78 is 56.6. The molecule has 0 spiro atoms. The largest absolute Gasteiger partial charge is 0.493 e. The lowest BCUT2D eigenvalue weighted by Crippen LogP contribution is -2.20. The lowest BCUT2D eigenvalue weighted by Gasteiger charge is -2.12. The van der Waals surface area contributed by atoms with Gasteiger partial charge in [0.15, 0.2) is 23.9 Å². The van der Waals surface area contributed by atoms with Gasteiger partial charge >= 0.3 is 12.1 Å². The molecule has 8 nitrogen and oxygen atoms in total. The van der Waals surface area contributed by atoms with Crippen LogP contribution >= 0.6 is 0 Å². The van der Waals surface area contributed by atoms with Crippen molar-refractivity contribution < 1.29 is 32.2 Å². The van der Waals surface area contributed by atoms with Crippen molar-refractivity contribution >= 4 is 23.1 Å². The molecule has 0 radical (unpaired) electrons. The molecular formula is C27H22F3N3O5. The van der Waals surface area contributed by atoms with E-state index in [0.717, 1.165) is 16.8 Å². The fourth-order valence-electron chi connectivity index (χ4n) is 3.60. The summed E-state index contributed by atoms with van der Waals surface area (Å²) in [5.74, 6) is -0.0184. The van der Waals surface area contributed by atoms with Gasteiger partial charge in [0.2, 0.25) is 0 Å². The minimum Gasteiger partial charge on any atom is -0.493 e. The highest BCUT2D eigenvalue weighted by atomic mass is 19.4. The SMILES string of the molecule is CCOC(=O)COc1ccc(C=Nn2c(-c3cccc(C(F)(F)F)c3)nc3ccccc3c2=O)cc1OC. The quantitative estimate of drug-likeness (QED) is 0.240. The Morgan fingerprint density at radius 3 is 2.58 bits per heavy atom. The van der Waals surface area contributed by atoms with E-state index in [2.05, 4.69) is 10.1 Å². The van der Waals surface area contributed by atoms with E-state index >= 15 is 0 Å². The Hall–Kier alpha value is -4.67. The number of para-hydroxylation sites is 1. The molecule has 1 aromatic heterocycles. The average Bonchev–Trinajstić information content (AvgIpc) is 2.91. The number of fused-ring (bicyclic) bond motifs is 1. The zero-order chi connectivity index (χ0) is 27.3. The molecule has 3 aromatic carbocycles. The minimum atomic E-state index is -4.57. The first kappa shape index (κ1) is 26.4. The Labute approximate surface area is 214 Å². The van der Waals surface area contributed by atoms with Gasteiger partial charge in [-0.1, -0.05) is 24.3 Å². The van der Waals surface area contributed by atoms with Crippen LogP contribution in [0.4, 0.5) is 13.2 Å². The first-order valence-corrected chi connectivity index (χ1v) is 11.4. The second kappa shape index (κ2) is 11.2. The Balaban J connectivity index is 1.75. The van der Waals surface area contributed by atoms with Gasteiger partial charge in [0.25, 0.3) is 5.56 Å². The first-order chi connectivity index (χ1) is 18.2. The van der Waals surface area contributed by atoms with Crippen LogP contribution in [-0.4, -0.2) is 42.2 Å². The van der Waals surface area contributed by atoms with E-state index in [1.165, 1.54) is 25.5 Å². The van der Waals surface area contributed by atoms with Crippen LogP contribution in [0.3, 0.4) is 0 Å². The number of ether oxygens (including phenoxy) is 3. The highest BCUT2D eigenvalue weighted by Gasteiger charge is 2.31. The number of carbonyl (C=O) groups excluding carboxylic acids is 1. The molecule has 196 valence electrons. The number of rotatable bonds is 8. The van der Waals surface area contributed by atoms with Crippen molar-refractivity contribution in [2.45, 2.75) is 13.1 Å². The first-order valence-electron chi connectivity index (χ1n) is 11.4. The van der Waals surface area contributed by atoms with Crippen LogP contribution in [0.5, 0.6) is 11.5 Å². The van der Waals surface area contributed by atoms with Crippen LogP contribution in [0.1, 0.15) is 18.1 Å². The van der Waals surface area contributed by atoms with Gasteiger partial charge in [-0.15, -0.1) is 0 Å². The van der Waals surface area contributed by atoms with E-state index in [1.54, 1.807) is 49.4 Å². The summed E-state index contributed by atoms with van der Waals surface area (Å²) >= 11 is 0. The number of nitrogens with zero attached hydrogens (tertiary/aromatic N) is 3. The third-order valence-electron chi connectivity index (χ3n) is 5.36. The summed E-state index contributed by atoms with van der Waals surface area (Å²) in [5, 5.41) is 4.51. The number of halogens is 3. The summed E-state index contributed by atoms with van der Waals surface area (Å²) in [7, 11) is 1.41. The predicted molar refractivity (Wildman–Crippen MR) is 135 cm³/mol. The molecule has 0 amide bonds. The molecule has 4 rings (SSSR count). The molecule has 0 aliphatic rings. The van der Waals surface area contributed by atoms with Crippen molar-refractivity contribution in [3.8, 4) is 22.9 Å². The maximum absolute atomic E-state index is 13.4. The van der Waals surface area contributed by atoms with Crippen molar-refractivity contribution in [2.75, 3.05) is 20.3 Å². The number of methoxy groups -OCH3 is 1. The second-order valence-corrected chi connectivity index (χ2v) is 7.90. The molecule has 0 aliphatic heterocycles. The molecule has 0 atom stereocenters. The monoisotopic (exact) mass is 525 g/mol. The Kier molecular flexibility index (Phi) is 7.75. The van der Waals surface area contributed by atoms with Gasteiger partial charge in [0.1, 0.15) is 0 Å². The smallest absolute Gasteiger partial charge is 0.416 e. The Bertz CT molecular complexity index is 1560. The molecule has 0 fully saturated rings. The predicted octanol–water partition coefficient (Wildman–Crippen LogP) is 4.92. The zero-order valence-corrected chi connectivity index (χ0v) is 20.4. The fourth-order valence-corrected chi connectivity index (χ4v) is 3.60. The van der Waals surface area contributed by atoms with Gasteiger partial charge in [0, 0.05) is 5.56 Å². The van der Waals surface area contributed by atoms with Crippen LogP contribution in [0.15, 0.2) is 76.6 Å². The molecule has 0 bridgehead atoms. The second-order valence-electron chi connectivity index (χ2n) is 7.90. The van der Waals surface area contributed by atoms with Gasteiger partial charge in [-0.3, -0.25) is 4.79 Å².